The van der Waals surface area contributed by atoms with Crippen LogP contribution < -0.4 is 4.74 Å². The van der Waals surface area contributed by atoms with E-state index in [0.29, 0.717) is 12.1 Å². The lowest BCUT2D eigenvalue weighted by Gasteiger charge is -2.13. The van der Waals surface area contributed by atoms with Crippen LogP contribution in [0.4, 0.5) is 22.0 Å². The Kier molecular flexibility index (Phi) is 4.03. The number of halogens is 5. The molecule has 7 heteroatoms. The first-order chi connectivity index (χ1) is 7.82. The summed E-state index contributed by atoms with van der Waals surface area (Å²) in [5.41, 5.74) is -1.71. The zero-order valence-electron chi connectivity index (χ0n) is 8.52. The third kappa shape index (κ3) is 3.15. The summed E-state index contributed by atoms with van der Waals surface area (Å²) in [6, 6.07) is 0.931. The highest BCUT2D eigenvalue weighted by Crippen LogP contribution is 2.34. The fourth-order valence-corrected chi connectivity index (χ4v) is 1.26. The molecule has 0 bridgehead atoms. The molecule has 0 fully saturated rings. The van der Waals surface area contributed by atoms with Gasteiger partial charge in [0, 0.05) is 0 Å². The Bertz CT molecular complexity index is 431. The Balaban J connectivity index is 3.41. The molecule has 2 nitrogen and oxygen atoms in total. The van der Waals surface area contributed by atoms with E-state index < -0.39 is 41.5 Å². The van der Waals surface area contributed by atoms with Crippen LogP contribution in [0.15, 0.2) is 12.1 Å². The highest BCUT2D eigenvalue weighted by atomic mass is 19.3. The Morgan fingerprint density at radius 3 is 2.24 bits per heavy atom. The van der Waals surface area contributed by atoms with E-state index in [-0.39, 0.29) is 0 Å². The zero-order chi connectivity index (χ0) is 13.2. The van der Waals surface area contributed by atoms with Crippen LogP contribution >= 0.6 is 0 Å². The topological polar surface area (TPSA) is 26.3 Å². The molecule has 94 valence electrons. The summed E-state index contributed by atoms with van der Waals surface area (Å²) in [6.07, 6.45) is -3.22. The maximum atomic E-state index is 12.9. The van der Waals surface area contributed by atoms with Crippen molar-refractivity contribution >= 4 is 5.78 Å². The summed E-state index contributed by atoms with van der Waals surface area (Å²) < 4.78 is 65.9. The lowest BCUT2D eigenvalue weighted by atomic mass is 10.1. The van der Waals surface area contributed by atoms with Gasteiger partial charge in [-0.1, -0.05) is 0 Å². The lowest BCUT2D eigenvalue weighted by Crippen LogP contribution is -2.10. The normalized spacial score (nSPS) is 11.1. The first-order valence-corrected chi connectivity index (χ1v) is 4.40. The Morgan fingerprint density at radius 1 is 1.24 bits per heavy atom. The van der Waals surface area contributed by atoms with E-state index in [2.05, 4.69) is 4.74 Å². The van der Waals surface area contributed by atoms with E-state index in [1.807, 2.05) is 0 Å². The smallest absolute Gasteiger partial charge is 0.387 e. The van der Waals surface area contributed by atoms with E-state index in [9.17, 15) is 26.7 Å². The average Bonchev–Trinajstić information content (AvgIpc) is 2.18. The minimum absolute atomic E-state index is 0.356. The summed E-state index contributed by atoms with van der Waals surface area (Å²) in [5.74, 6) is -2.95. The van der Waals surface area contributed by atoms with E-state index in [4.69, 9.17) is 0 Å². The van der Waals surface area contributed by atoms with Gasteiger partial charge in [0.25, 0.3) is 6.43 Å². The van der Waals surface area contributed by atoms with Crippen molar-refractivity contribution in [3.63, 3.8) is 0 Å². The highest BCUT2D eigenvalue weighted by molar-refractivity contribution is 5.97. The van der Waals surface area contributed by atoms with Gasteiger partial charge in [-0.25, -0.2) is 13.2 Å². The number of hydrogen-bond donors (Lipinski definition) is 0. The van der Waals surface area contributed by atoms with E-state index in [1.165, 1.54) is 0 Å². The largest absolute Gasteiger partial charge is 0.434 e. The molecule has 17 heavy (non-hydrogen) atoms. The molecule has 0 radical (unpaired) electrons. The fourth-order valence-electron chi connectivity index (χ4n) is 1.26. The van der Waals surface area contributed by atoms with Crippen molar-refractivity contribution in [1.82, 2.24) is 0 Å². The third-order valence-electron chi connectivity index (χ3n) is 1.90. The van der Waals surface area contributed by atoms with Crippen molar-refractivity contribution in [2.45, 2.75) is 20.0 Å². The van der Waals surface area contributed by atoms with Gasteiger partial charge < -0.3 is 4.74 Å². The summed E-state index contributed by atoms with van der Waals surface area (Å²) in [4.78, 5) is 11.0. The molecule has 0 unspecified atom stereocenters. The van der Waals surface area contributed by atoms with Gasteiger partial charge >= 0.3 is 6.61 Å². The Morgan fingerprint density at radius 2 is 1.82 bits per heavy atom. The Labute approximate surface area is 93.0 Å². The van der Waals surface area contributed by atoms with Crippen LogP contribution in [0, 0.1) is 5.82 Å². The van der Waals surface area contributed by atoms with Crippen LogP contribution in [-0.4, -0.2) is 12.4 Å². The van der Waals surface area contributed by atoms with Gasteiger partial charge in [0.1, 0.15) is 11.6 Å². The second-order valence-corrected chi connectivity index (χ2v) is 3.11. The number of rotatable bonds is 4. The molecule has 0 atom stereocenters. The summed E-state index contributed by atoms with van der Waals surface area (Å²) in [7, 11) is 0. The first kappa shape index (κ1) is 13.4. The molecule has 0 spiro atoms. The number of benzene rings is 1. The molecule has 0 saturated heterocycles. The molecular weight excluding hydrogens is 247 g/mol. The summed E-state index contributed by atoms with van der Waals surface area (Å²) in [5, 5.41) is 0. The molecular formula is C10H7F5O2. The van der Waals surface area contributed by atoms with Crippen molar-refractivity contribution in [3.8, 4) is 5.75 Å². The average molecular weight is 254 g/mol. The molecule has 1 aromatic rings. The minimum Gasteiger partial charge on any atom is -0.434 e. The lowest BCUT2D eigenvalue weighted by molar-refractivity contribution is -0.0523. The summed E-state index contributed by atoms with van der Waals surface area (Å²) in [6.45, 7) is -2.45. The van der Waals surface area contributed by atoms with Gasteiger partial charge in [0.05, 0.1) is 11.1 Å². The number of carbonyl (C=O) groups is 1. The number of Topliss-reactive ketones (excluding diaryl/α,β-unsaturated/α-hetero) is 1. The van der Waals surface area contributed by atoms with Crippen LogP contribution in [0.2, 0.25) is 0 Å². The number of hydrogen-bond acceptors (Lipinski definition) is 2. The maximum Gasteiger partial charge on any atom is 0.387 e. The van der Waals surface area contributed by atoms with Gasteiger partial charge in [-0.3, -0.25) is 4.79 Å². The third-order valence-corrected chi connectivity index (χ3v) is 1.90. The minimum atomic E-state index is -3.38. The predicted octanol–water partition coefficient (Wildman–Crippen LogP) is 3.57. The molecule has 0 amide bonds. The standard InChI is InChI=1S/C10H7F5O2/c1-4(16)6-2-5(11)3-7(9(12)13)8(6)17-10(14)15/h2-3,9-10H,1H3. The van der Waals surface area contributed by atoms with Crippen molar-refractivity contribution in [3.05, 3.63) is 29.1 Å². The first-order valence-electron chi connectivity index (χ1n) is 4.40. The molecule has 0 saturated carbocycles. The van der Waals surface area contributed by atoms with Crippen LogP contribution in [0.25, 0.3) is 0 Å². The number of alkyl halides is 4. The monoisotopic (exact) mass is 254 g/mol. The zero-order valence-corrected chi connectivity index (χ0v) is 8.52. The van der Waals surface area contributed by atoms with E-state index >= 15 is 0 Å². The van der Waals surface area contributed by atoms with Gasteiger partial charge in [-0.2, -0.15) is 8.78 Å². The highest BCUT2D eigenvalue weighted by Gasteiger charge is 2.24. The van der Waals surface area contributed by atoms with Gasteiger partial charge in [0.2, 0.25) is 0 Å². The van der Waals surface area contributed by atoms with Gasteiger partial charge in [-0.15, -0.1) is 0 Å². The molecule has 0 heterocycles. The predicted molar refractivity (Wildman–Crippen MR) is 48.0 cm³/mol. The Hall–Kier alpha value is -1.66. The number of ketones is 1. The number of carbonyl (C=O) groups excluding carboxylic acids is 1. The van der Waals surface area contributed by atoms with Gasteiger partial charge in [-0.05, 0) is 19.1 Å². The van der Waals surface area contributed by atoms with Crippen molar-refractivity contribution in [2.75, 3.05) is 0 Å². The SMILES string of the molecule is CC(=O)c1cc(F)cc(C(F)F)c1OC(F)F. The van der Waals surface area contributed by atoms with Gasteiger partial charge in [0.15, 0.2) is 5.78 Å². The van der Waals surface area contributed by atoms with E-state index in [0.717, 1.165) is 6.92 Å². The second-order valence-electron chi connectivity index (χ2n) is 3.11. The summed E-state index contributed by atoms with van der Waals surface area (Å²) >= 11 is 0. The molecule has 1 aromatic carbocycles. The molecule has 0 aliphatic carbocycles. The van der Waals surface area contributed by atoms with E-state index in [1.54, 1.807) is 0 Å². The molecule has 0 aliphatic heterocycles. The molecule has 0 aromatic heterocycles. The van der Waals surface area contributed by atoms with Crippen molar-refractivity contribution in [2.24, 2.45) is 0 Å². The number of ether oxygens (including phenoxy) is 1. The molecule has 1 rings (SSSR count). The second kappa shape index (κ2) is 5.11. The molecule has 0 aliphatic rings. The fraction of sp³-hybridized carbons (Fsp3) is 0.300. The van der Waals surface area contributed by atoms with Crippen LogP contribution in [0.5, 0.6) is 5.75 Å². The molecule has 0 N–H and O–H groups in total. The van der Waals surface area contributed by atoms with Crippen LogP contribution in [0.3, 0.4) is 0 Å². The quantitative estimate of drug-likeness (QED) is 0.606. The maximum absolute atomic E-state index is 12.9. The van der Waals surface area contributed by atoms with Crippen LogP contribution in [0.1, 0.15) is 29.3 Å². The van der Waals surface area contributed by atoms with Crippen molar-refractivity contribution < 1.29 is 31.5 Å². The van der Waals surface area contributed by atoms with Crippen molar-refractivity contribution in [1.29, 1.82) is 0 Å². The van der Waals surface area contributed by atoms with Crippen LogP contribution in [-0.2, 0) is 0 Å².